The molecule has 0 aliphatic heterocycles. The highest BCUT2D eigenvalue weighted by Crippen LogP contribution is 2.32. The van der Waals surface area contributed by atoms with Crippen molar-refractivity contribution in [1.29, 1.82) is 0 Å². The molecule has 3 heteroatoms. The van der Waals surface area contributed by atoms with Crippen LogP contribution in [0, 0.1) is 0 Å². The maximum atomic E-state index is 11.9. The van der Waals surface area contributed by atoms with Gasteiger partial charge in [0.25, 0.3) is 0 Å². The van der Waals surface area contributed by atoms with Crippen LogP contribution in [0.5, 0.6) is 0 Å². The van der Waals surface area contributed by atoms with Crippen LogP contribution in [0.3, 0.4) is 0 Å². The third-order valence-corrected chi connectivity index (χ3v) is 4.14. The standard InChI is InChI=1S/C16H24N2O/c1-15(2,13-7-4-3-5-8-13)12-18-14(19)11-16(17)9-6-10-16/h3-5,7-8H,6,9-12,17H2,1-2H3,(H,18,19). The van der Waals surface area contributed by atoms with Crippen LogP contribution in [0.1, 0.15) is 45.1 Å². The van der Waals surface area contributed by atoms with E-state index in [9.17, 15) is 4.79 Å². The van der Waals surface area contributed by atoms with Crippen molar-refractivity contribution < 1.29 is 4.79 Å². The van der Waals surface area contributed by atoms with Gasteiger partial charge < -0.3 is 11.1 Å². The summed E-state index contributed by atoms with van der Waals surface area (Å²) < 4.78 is 0. The van der Waals surface area contributed by atoms with Gasteiger partial charge in [-0.15, -0.1) is 0 Å². The first kappa shape index (κ1) is 14.1. The van der Waals surface area contributed by atoms with Crippen molar-refractivity contribution in [1.82, 2.24) is 5.32 Å². The van der Waals surface area contributed by atoms with Gasteiger partial charge in [-0.05, 0) is 24.8 Å². The third-order valence-electron chi connectivity index (χ3n) is 4.14. The van der Waals surface area contributed by atoms with Crippen molar-refractivity contribution in [3.05, 3.63) is 35.9 Å². The van der Waals surface area contributed by atoms with E-state index in [0.717, 1.165) is 19.3 Å². The largest absolute Gasteiger partial charge is 0.355 e. The molecule has 0 aromatic heterocycles. The molecule has 1 amide bonds. The van der Waals surface area contributed by atoms with Gasteiger partial charge >= 0.3 is 0 Å². The van der Waals surface area contributed by atoms with E-state index in [0.29, 0.717) is 13.0 Å². The summed E-state index contributed by atoms with van der Waals surface area (Å²) in [7, 11) is 0. The predicted molar refractivity (Wildman–Crippen MR) is 77.9 cm³/mol. The summed E-state index contributed by atoms with van der Waals surface area (Å²) in [5.41, 5.74) is 7.04. The Balaban J connectivity index is 1.86. The summed E-state index contributed by atoms with van der Waals surface area (Å²) >= 11 is 0. The third kappa shape index (κ3) is 3.57. The second-order valence-electron chi connectivity index (χ2n) is 6.42. The van der Waals surface area contributed by atoms with E-state index in [1.165, 1.54) is 5.56 Å². The normalized spacial score (nSPS) is 17.6. The summed E-state index contributed by atoms with van der Waals surface area (Å²) in [6.07, 6.45) is 3.56. The lowest BCUT2D eigenvalue weighted by Gasteiger charge is -2.37. The molecular weight excluding hydrogens is 236 g/mol. The van der Waals surface area contributed by atoms with E-state index in [1.807, 2.05) is 18.2 Å². The van der Waals surface area contributed by atoms with Crippen molar-refractivity contribution in [2.75, 3.05) is 6.54 Å². The Hall–Kier alpha value is -1.35. The lowest BCUT2D eigenvalue weighted by molar-refractivity contribution is -0.123. The molecule has 0 heterocycles. The Kier molecular flexibility index (Phi) is 3.95. The lowest BCUT2D eigenvalue weighted by atomic mass is 9.75. The smallest absolute Gasteiger partial charge is 0.221 e. The first-order valence-electron chi connectivity index (χ1n) is 7.02. The first-order valence-corrected chi connectivity index (χ1v) is 7.02. The zero-order valence-electron chi connectivity index (χ0n) is 11.9. The molecule has 1 aliphatic carbocycles. The highest BCUT2D eigenvalue weighted by Gasteiger charge is 2.34. The number of carbonyl (C=O) groups excluding carboxylic acids is 1. The fourth-order valence-corrected chi connectivity index (χ4v) is 2.50. The molecular formula is C16H24N2O. The molecule has 1 saturated carbocycles. The number of amides is 1. The number of hydrogen-bond donors (Lipinski definition) is 2. The zero-order valence-corrected chi connectivity index (χ0v) is 11.9. The Morgan fingerprint density at radius 2 is 1.95 bits per heavy atom. The van der Waals surface area contributed by atoms with Crippen LogP contribution < -0.4 is 11.1 Å². The molecule has 0 saturated heterocycles. The topological polar surface area (TPSA) is 55.1 Å². The number of hydrogen-bond acceptors (Lipinski definition) is 2. The number of carbonyl (C=O) groups is 1. The van der Waals surface area contributed by atoms with Crippen LogP contribution in [0.15, 0.2) is 30.3 Å². The van der Waals surface area contributed by atoms with Gasteiger partial charge in [-0.3, -0.25) is 4.79 Å². The van der Waals surface area contributed by atoms with Crippen molar-refractivity contribution in [2.45, 2.75) is 50.5 Å². The van der Waals surface area contributed by atoms with Gasteiger partial charge in [0, 0.05) is 23.9 Å². The van der Waals surface area contributed by atoms with E-state index in [1.54, 1.807) is 0 Å². The number of nitrogens with two attached hydrogens (primary N) is 1. The maximum Gasteiger partial charge on any atom is 0.221 e. The van der Waals surface area contributed by atoms with Gasteiger partial charge in [-0.2, -0.15) is 0 Å². The van der Waals surface area contributed by atoms with Crippen molar-refractivity contribution in [2.24, 2.45) is 5.73 Å². The summed E-state index contributed by atoms with van der Waals surface area (Å²) in [6, 6.07) is 10.3. The molecule has 1 aliphatic rings. The fourth-order valence-electron chi connectivity index (χ4n) is 2.50. The highest BCUT2D eigenvalue weighted by molar-refractivity contribution is 5.77. The molecule has 0 atom stereocenters. The van der Waals surface area contributed by atoms with E-state index in [4.69, 9.17) is 5.73 Å². The van der Waals surface area contributed by atoms with Gasteiger partial charge in [0.05, 0.1) is 0 Å². The van der Waals surface area contributed by atoms with Crippen LogP contribution in [-0.4, -0.2) is 18.0 Å². The minimum atomic E-state index is -0.235. The number of rotatable bonds is 5. The second kappa shape index (κ2) is 5.33. The molecule has 0 spiro atoms. The first-order chi connectivity index (χ1) is 8.91. The minimum Gasteiger partial charge on any atom is -0.355 e. The molecule has 104 valence electrons. The minimum absolute atomic E-state index is 0.0572. The number of benzene rings is 1. The predicted octanol–water partition coefficient (Wildman–Crippen LogP) is 2.35. The quantitative estimate of drug-likeness (QED) is 0.854. The van der Waals surface area contributed by atoms with E-state index >= 15 is 0 Å². The molecule has 2 rings (SSSR count). The molecule has 1 aromatic rings. The Morgan fingerprint density at radius 1 is 1.32 bits per heavy atom. The second-order valence-corrected chi connectivity index (χ2v) is 6.42. The summed E-state index contributed by atoms with van der Waals surface area (Å²) in [5, 5.41) is 3.03. The Morgan fingerprint density at radius 3 is 2.47 bits per heavy atom. The van der Waals surface area contributed by atoms with Crippen molar-refractivity contribution >= 4 is 5.91 Å². The van der Waals surface area contributed by atoms with E-state index in [2.05, 4.69) is 31.3 Å². The summed E-state index contributed by atoms with van der Waals surface area (Å²) in [6.45, 7) is 4.93. The van der Waals surface area contributed by atoms with Crippen molar-refractivity contribution in [3.8, 4) is 0 Å². The lowest BCUT2D eigenvalue weighted by Crippen LogP contribution is -2.50. The van der Waals surface area contributed by atoms with Crippen LogP contribution in [-0.2, 0) is 10.2 Å². The van der Waals surface area contributed by atoms with Gasteiger partial charge in [-0.1, -0.05) is 44.2 Å². The van der Waals surface area contributed by atoms with Crippen molar-refractivity contribution in [3.63, 3.8) is 0 Å². The van der Waals surface area contributed by atoms with E-state index < -0.39 is 0 Å². The average molecular weight is 260 g/mol. The SMILES string of the molecule is CC(C)(CNC(=O)CC1(N)CCC1)c1ccccc1. The number of nitrogens with one attached hydrogen (secondary N) is 1. The zero-order chi connectivity index (χ0) is 13.9. The van der Waals surface area contributed by atoms with Gasteiger partial charge in [-0.25, -0.2) is 0 Å². The molecule has 1 aromatic carbocycles. The fraction of sp³-hybridized carbons (Fsp3) is 0.562. The van der Waals surface area contributed by atoms with Gasteiger partial charge in [0.1, 0.15) is 0 Å². The molecule has 0 unspecified atom stereocenters. The van der Waals surface area contributed by atoms with Gasteiger partial charge in [0.15, 0.2) is 0 Å². The van der Waals surface area contributed by atoms with Crippen LogP contribution in [0.4, 0.5) is 0 Å². The maximum absolute atomic E-state index is 11.9. The van der Waals surface area contributed by atoms with E-state index in [-0.39, 0.29) is 16.9 Å². The molecule has 3 nitrogen and oxygen atoms in total. The van der Waals surface area contributed by atoms with Gasteiger partial charge in [0.2, 0.25) is 5.91 Å². The molecule has 0 bridgehead atoms. The molecule has 0 radical (unpaired) electrons. The molecule has 1 fully saturated rings. The van der Waals surface area contributed by atoms with Crippen LogP contribution >= 0.6 is 0 Å². The summed E-state index contributed by atoms with van der Waals surface area (Å²) in [4.78, 5) is 11.9. The average Bonchev–Trinajstić information content (AvgIpc) is 2.36. The summed E-state index contributed by atoms with van der Waals surface area (Å²) in [5.74, 6) is 0.0752. The Bertz CT molecular complexity index is 435. The Labute approximate surface area is 115 Å². The monoisotopic (exact) mass is 260 g/mol. The highest BCUT2D eigenvalue weighted by atomic mass is 16.1. The van der Waals surface area contributed by atoms with Crippen LogP contribution in [0.25, 0.3) is 0 Å². The van der Waals surface area contributed by atoms with Crippen LogP contribution in [0.2, 0.25) is 0 Å². The molecule has 3 N–H and O–H groups in total. The molecule has 19 heavy (non-hydrogen) atoms.